The molecule has 18 heavy (non-hydrogen) atoms. The van der Waals surface area contributed by atoms with Crippen LogP contribution in [0.3, 0.4) is 0 Å². The molecular formula is C14H25N3O. The minimum Gasteiger partial charge on any atom is -0.383 e. The lowest BCUT2D eigenvalue weighted by atomic mass is 10.1. The quantitative estimate of drug-likeness (QED) is 0.756. The number of nitrogens with one attached hydrogen (secondary N) is 1. The first-order chi connectivity index (χ1) is 8.60. The molecule has 4 nitrogen and oxygen atoms in total. The highest BCUT2D eigenvalue weighted by Crippen LogP contribution is 2.18. The van der Waals surface area contributed by atoms with E-state index in [1.807, 2.05) is 0 Å². The van der Waals surface area contributed by atoms with Crippen LogP contribution < -0.4 is 5.32 Å². The Labute approximate surface area is 110 Å². The van der Waals surface area contributed by atoms with Crippen molar-refractivity contribution in [2.24, 2.45) is 0 Å². The van der Waals surface area contributed by atoms with Crippen LogP contribution in [0.25, 0.3) is 0 Å². The van der Waals surface area contributed by atoms with Crippen molar-refractivity contribution >= 4 is 0 Å². The third-order valence-corrected chi connectivity index (χ3v) is 3.28. The van der Waals surface area contributed by atoms with Crippen LogP contribution in [-0.4, -0.2) is 30.2 Å². The third-order valence-electron chi connectivity index (χ3n) is 3.28. The second kappa shape index (κ2) is 7.44. The fraction of sp³-hybridized carbons (Fsp3) is 0.714. The van der Waals surface area contributed by atoms with Gasteiger partial charge in [-0.05, 0) is 20.3 Å². The van der Waals surface area contributed by atoms with Crippen LogP contribution in [-0.2, 0) is 11.3 Å². The van der Waals surface area contributed by atoms with Gasteiger partial charge in [-0.2, -0.15) is 0 Å². The predicted octanol–water partition coefficient (Wildman–Crippen LogP) is 2.34. The highest BCUT2D eigenvalue weighted by Gasteiger charge is 2.11. The van der Waals surface area contributed by atoms with Gasteiger partial charge in [-0.25, -0.2) is 9.97 Å². The summed E-state index contributed by atoms with van der Waals surface area (Å²) in [4.78, 5) is 9.24. The van der Waals surface area contributed by atoms with E-state index >= 15 is 0 Å². The van der Waals surface area contributed by atoms with E-state index in [2.05, 4.69) is 43.0 Å². The molecule has 4 heteroatoms. The van der Waals surface area contributed by atoms with E-state index in [1.54, 1.807) is 7.11 Å². The average Bonchev–Trinajstić information content (AvgIpc) is 2.35. The standard InChI is InChI=1S/C14H25N3O/c1-6-10(2)14-16-11(3)13(12(4)17-14)9-15-7-8-18-5/h10,15H,6-9H2,1-5H3. The maximum Gasteiger partial charge on any atom is 0.131 e. The first-order valence-corrected chi connectivity index (χ1v) is 6.63. The zero-order valence-electron chi connectivity index (χ0n) is 12.2. The van der Waals surface area contributed by atoms with Crippen molar-refractivity contribution < 1.29 is 4.74 Å². The van der Waals surface area contributed by atoms with Crippen LogP contribution in [0, 0.1) is 13.8 Å². The number of rotatable bonds is 7. The molecule has 1 rings (SSSR count). The number of hydrogen-bond acceptors (Lipinski definition) is 4. The summed E-state index contributed by atoms with van der Waals surface area (Å²) >= 11 is 0. The first-order valence-electron chi connectivity index (χ1n) is 6.63. The lowest BCUT2D eigenvalue weighted by Gasteiger charge is -2.14. The highest BCUT2D eigenvalue weighted by atomic mass is 16.5. The summed E-state index contributed by atoms with van der Waals surface area (Å²) in [5, 5.41) is 3.34. The van der Waals surface area contributed by atoms with Crippen molar-refractivity contribution in [1.29, 1.82) is 0 Å². The molecule has 0 aromatic carbocycles. The molecule has 1 unspecified atom stereocenters. The molecule has 1 aromatic rings. The van der Waals surface area contributed by atoms with Crippen LogP contribution in [0.15, 0.2) is 0 Å². The summed E-state index contributed by atoms with van der Waals surface area (Å²) in [5.41, 5.74) is 3.38. The largest absolute Gasteiger partial charge is 0.383 e. The predicted molar refractivity (Wildman–Crippen MR) is 73.8 cm³/mol. The summed E-state index contributed by atoms with van der Waals surface area (Å²) in [6.45, 7) is 10.8. The Bertz CT molecular complexity index is 356. The van der Waals surface area contributed by atoms with Gasteiger partial charge in [-0.15, -0.1) is 0 Å². The van der Waals surface area contributed by atoms with Gasteiger partial charge in [0.05, 0.1) is 6.61 Å². The number of ether oxygens (including phenoxy) is 1. The fourth-order valence-corrected chi connectivity index (χ4v) is 1.81. The Balaban J connectivity index is 2.75. The zero-order chi connectivity index (χ0) is 13.5. The number of nitrogens with zero attached hydrogens (tertiary/aromatic N) is 2. The van der Waals surface area contributed by atoms with Gasteiger partial charge >= 0.3 is 0 Å². The average molecular weight is 251 g/mol. The number of hydrogen-bond donors (Lipinski definition) is 1. The molecule has 0 saturated carbocycles. The third kappa shape index (κ3) is 4.03. The van der Waals surface area contributed by atoms with E-state index in [0.29, 0.717) is 5.92 Å². The lowest BCUT2D eigenvalue weighted by Crippen LogP contribution is -2.21. The van der Waals surface area contributed by atoms with E-state index in [9.17, 15) is 0 Å². The van der Waals surface area contributed by atoms with Crippen molar-refractivity contribution in [3.63, 3.8) is 0 Å². The van der Waals surface area contributed by atoms with E-state index in [0.717, 1.165) is 43.3 Å². The Hall–Kier alpha value is -1.00. The second-order valence-electron chi connectivity index (χ2n) is 4.71. The highest BCUT2D eigenvalue weighted by molar-refractivity contribution is 5.24. The molecule has 102 valence electrons. The molecule has 0 bridgehead atoms. The Morgan fingerprint density at radius 2 is 1.83 bits per heavy atom. The molecule has 1 atom stereocenters. The molecule has 0 radical (unpaired) electrons. The molecule has 1 heterocycles. The second-order valence-corrected chi connectivity index (χ2v) is 4.71. The van der Waals surface area contributed by atoms with E-state index in [4.69, 9.17) is 4.74 Å². The van der Waals surface area contributed by atoms with Crippen molar-refractivity contribution in [2.75, 3.05) is 20.3 Å². The summed E-state index contributed by atoms with van der Waals surface area (Å²) in [7, 11) is 1.71. The minimum absolute atomic E-state index is 0.429. The Morgan fingerprint density at radius 3 is 2.33 bits per heavy atom. The van der Waals surface area contributed by atoms with Gasteiger partial charge < -0.3 is 10.1 Å². The van der Waals surface area contributed by atoms with Crippen LogP contribution in [0.1, 0.15) is 49.0 Å². The first kappa shape index (κ1) is 15.1. The van der Waals surface area contributed by atoms with Crippen LogP contribution in [0.5, 0.6) is 0 Å². The molecule has 0 amide bonds. The molecule has 1 N–H and O–H groups in total. The molecule has 0 spiro atoms. The van der Waals surface area contributed by atoms with Gasteiger partial charge in [-0.1, -0.05) is 13.8 Å². The van der Waals surface area contributed by atoms with Crippen molar-refractivity contribution in [1.82, 2.24) is 15.3 Å². The zero-order valence-corrected chi connectivity index (χ0v) is 12.2. The van der Waals surface area contributed by atoms with Crippen LogP contribution in [0.4, 0.5) is 0 Å². The van der Waals surface area contributed by atoms with Crippen LogP contribution >= 0.6 is 0 Å². The van der Waals surface area contributed by atoms with Crippen LogP contribution in [0.2, 0.25) is 0 Å². The maximum absolute atomic E-state index is 5.01. The summed E-state index contributed by atoms with van der Waals surface area (Å²) in [5.74, 6) is 1.39. The SMILES string of the molecule is CCC(C)c1nc(C)c(CNCCOC)c(C)n1. The number of aryl methyl sites for hydroxylation is 2. The summed E-state index contributed by atoms with van der Waals surface area (Å²) < 4.78 is 5.01. The molecule has 0 saturated heterocycles. The topological polar surface area (TPSA) is 47.0 Å². The van der Waals surface area contributed by atoms with Gasteiger partial charge in [0.25, 0.3) is 0 Å². The van der Waals surface area contributed by atoms with Gasteiger partial charge in [-0.3, -0.25) is 0 Å². The van der Waals surface area contributed by atoms with Crippen molar-refractivity contribution in [3.8, 4) is 0 Å². The monoisotopic (exact) mass is 251 g/mol. The van der Waals surface area contributed by atoms with Crippen molar-refractivity contribution in [2.45, 2.75) is 46.6 Å². The Morgan fingerprint density at radius 1 is 1.22 bits per heavy atom. The van der Waals surface area contributed by atoms with Gasteiger partial charge in [0.2, 0.25) is 0 Å². The fourth-order valence-electron chi connectivity index (χ4n) is 1.81. The molecule has 0 aliphatic carbocycles. The van der Waals surface area contributed by atoms with E-state index in [-0.39, 0.29) is 0 Å². The summed E-state index contributed by atoms with van der Waals surface area (Å²) in [6.07, 6.45) is 1.07. The molecular weight excluding hydrogens is 226 g/mol. The van der Waals surface area contributed by atoms with Gasteiger partial charge in [0, 0.05) is 43.1 Å². The van der Waals surface area contributed by atoms with E-state index < -0.39 is 0 Å². The minimum atomic E-state index is 0.429. The Kier molecular flexibility index (Phi) is 6.22. The van der Waals surface area contributed by atoms with Gasteiger partial charge in [0.1, 0.15) is 5.82 Å². The molecule has 0 aliphatic rings. The molecule has 0 fully saturated rings. The maximum atomic E-state index is 5.01. The van der Waals surface area contributed by atoms with Gasteiger partial charge in [0.15, 0.2) is 0 Å². The number of aromatic nitrogens is 2. The molecule has 0 aliphatic heterocycles. The van der Waals surface area contributed by atoms with Crippen molar-refractivity contribution in [3.05, 3.63) is 22.8 Å². The smallest absolute Gasteiger partial charge is 0.131 e. The number of methoxy groups -OCH3 is 1. The summed E-state index contributed by atoms with van der Waals surface area (Å²) in [6, 6.07) is 0. The van der Waals surface area contributed by atoms with E-state index in [1.165, 1.54) is 5.56 Å². The molecule has 1 aromatic heterocycles. The lowest BCUT2D eigenvalue weighted by molar-refractivity contribution is 0.199. The normalized spacial score (nSPS) is 12.7.